The van der Waals surface area contributed by atoms with E-state index in [2.05, 4.69) is 19.6 Å². The number of halogens is 1. The SMILES string of the molecule is C=CCO[C@@]12Oc3ccc(OCc4ccccc4F)cc3[C@H]3[C@H](CCCCO)[C@@H](CCCCO)C=C(C(=NOCc4ccc([N+](=O)[O-])cc4)C[C@@H]1N(C)C(=O)CCCCCCCCCCC)[C@H]32. The van der Waals surface area contributed by atoms with Crippen LogP contribution in [0.5, 0.6) is 11.5 Å². The van der Waals surface area contributed by atoms with E-state index >= 15 is 0 Å². The maximum Gasteiger partial charge on any atom is 0.269 e. The first-order valence-electron chi connectivity index (χ1n) is 24.7. The molecule has 1 aliphatic heterocycles. The van der Waals surface area contributed by atoms with Gasteiger partial charge < -0.3 is 34.2 Å². The maximum absolute atomic E-state index is 14.8. The Morgan fingerprint density at radius 1 is 0.940 bits per heavy atom. The molecule has 1 fully saturated rings. The third kappa shape index (κ3) is 13.1. The molecule has 12 nitrogen and oxygen atoms in total. The molecule has 0 unspecified atom stereocenters. The fourth-order valence-electron chi connectivity index (χ4n) is 10.4. The number of oxime groups is 1. The van der Waals surface area contributed by atoms with Gasteiger partial charge >= 0.3 is 0 Å². The molecule has 3 aromatic rings. The van der Waals surface area contributed by atoms with E-state index in [9.17, 15) is 29.5 Å². The zero-order valence-electron chi connectivity index (χ0n) is 39.6. The minimum atomic E-state index is -1.39. The molecular weight excluding hydrogens is 854 g/mol. The predicted molar refractivity (Wildman–Crippen MR) is 258 cm³/mol. The number of aliphatic hydroxyl groups is 2. The van der Waals surface area contributed by atoms with Crippen LogP contribution >= 0.6 is 0 Å². The summed E-state index contributed by atoms with van der Waals surface area (Å²) in [6.45, 7) is 6.62. The summed E-state index contributed by atoms with van der Waals surface area (Å²) in [5.74, 6) is -1.33. The number of ether oxygens (including phenoxy) is 3. The number of unbranched alkanes of at least 4 members (excludes halogenated alkanes) is 10. The summed E-state index contributed by atoms with van der Waals surface area (Å²) >= 11 is 0. The van der Waals surface area contributed by atoms with Crippen LogP contribution in [0.3, 0.4) is 0 Å². The van der Waals surface area contributed by atoms with E-state index in [4.69, 9.17) is 24.2 Å². The first-order valence-corrected chi connectivity index (χ1v) is 24.7. The van der Waals surface area contributed by atoms with Crippen LogP contribution in [-0.2, 0) is 27.6 Å². The topological polar surface area (TPSA) is 153 Å². The number of rotatable bonds is 29. The molecule has 2 aliphatic carbocycles. The van der Waals surface area contributed by atoms with E-state index < -0.39 is 22.7 Å². The van der Waals surface area contributed by atoms with Crippen LogP contribution in [0.15, 0.2) is 96.2 Å². The molecule has 2 N–H and O–H groups in total. The number of non-ortho nitro benzene ring substituents is 1. The number of aliphatic hydroxyl groups excluding tert-OH is 2. The highest BCUT2D eigenvalue weighted by Crippen LogP contribution is 2.62. The molecule has 3 aliphatic rings. The van der Waals surface area contributed by atoms with Crippen LogP contribution in [0.1, 0.15) is 139 Å². The number of nitro benzene ring substituents is 1. The van der Waals surface area contributed by atoms with E-state index in [1.165, 1.54) is 50.3 Å². The second-order valence-electron chi connectivity index (χ2n) is 18.4. The molecule has 3 aromatic carbocycles. The number of hydrogen-bond acceptors (Lipinski definition) is 10. The van der Waals surface area contributed by atoms with Gasteiger partial charge in [-0.15, -0.1) is 6.58 Å². The monoisotopic (exact) mass is 926 g/mol. The second-order valence-corrected chi connectivity index (χ2v) is 18.4. The quantitative estimate of drug-likeness (QED) is 0.0300. The van der Waals surface area contributed by atoms with Gasteiger partial charge in [0.15, 0.2) is 0 Å². The van der Waals surface area contributed by atoms with Crippen LogP contribution in [0.4, 0.5) is 10.1 Å². The Hall–Kier alpha value is -5.11. The number of nitrogens with zero attached hydrogens (tertiary/aromatic N) is 3. The van der Waals surface area contributed by atoms with Crippen molar-refractivity contribution in [3.05, 3.63) is 124 Å². The summed E-state index contributed by atoms with van der Waals surface area (Å²) in [6, 6.07) is 17.8. The zero-order chi connectivity index (χ0) is 47.6. The summed E-state index contributed by atoms with van der Waals surface area (Å²) in [5, 5.41) is 36.1. The minimum absolute atomic E-state index is 0.0131. The van der Waals surface area contributed by atoms with E-state index in [0.29, 0.717) is 47.6 Å². The number of fused-ring (bicyclic) bond motifs is 2. The molecule has 1 heterocycles. The molecule has 0 spiro atoms. The third-order valence-electron chi connectivity index (χ3n) is 13.9. The Kier molecular flexibility index (Phi) is 19.8. The van der Waals surface area contributed by atoms with Gasteiger partial charge in [-0.1, -0.05) is 107 Å². The normalized spacial score (nSPS) is 22.3. The highest BCUT2D eigenvalue weighted by Gasteiger charge is 2.65. The molecule has 67 heavy (non-hydrogen) atoms. The Labute approximate surface area is 396 Å². The van der Waals surface area contributed by atoms with Crippen molar-refractivity contribution in [1.29, 1.82) is 0 Å². The van der Waals surface area contributed by atoms with Gasteiger partial charge in [-0.25, -0.2) is 4.39 Å². The fourth-order valence-corrected chi connectivity index (χ4v) is 10.4. The smallest absolute Gasteiger partial charge is 0.269 e. The van der Waals surface area contributed by atoms with Gasteiger partial charge in [0.25, 0.3) is 5.69 Å². The highest BCUT2D eigenvalue weighted by atomic mass is 19.1. The van der Waals surface area contributed by atoms with Crippen molar-refractivity contribution in [2.75, 3.05) is 26.9 Å². The first-order chi connectivity index (χ1) is 32.6. The van der Waals surface area contributed by atoms with Gasteiger partial charge in [0.2, 0.25) is 11.7 Å². The highest BCUT2D eigenvalue weighted by molar-refractivity contribution is 6.03. The number of likely N-dealkylation sites (N-methyl/N-ethyl adjacent to an activating group) is 1. The summed E-state index contributed by atoms with van der Waals surface area (Å²) in [7, 11) is 1.83. The van der Waals surface area contributed by atoms with Gasteiger partial charge in [0.1, 0.15) is 36.6 Å². The van der Waals surface area contributed by atoms with Crippen molar-refractivity contribution >= 4 is 17.3 Å². The lowest BCUT2D eigenvalue weighted by Gasteiger charge is -2.59. The zero-order valence-corrected chi connectivity index (χ0v) is 39.6. The van der Waals surface area contributed by atoms with Gasteiger partial charge in [0.05, 0.1) is 23.2 Å². The largest absolute Gasteiger partial charge is 0.489 e. The first kappa shape index (κ1) is 51.3. The van der Waals surface area contributed by atoms with Crippen LogP contribution in [0.2, 0.25) is 0 Å². The average molecular weight is 926 g/mol. The van der Waals surface area contributed by atoms with E-state index in [-0.39, 0.29) is 74.6 Å². The van der Waals surface area contributed by atoms with E-state index in [1.54, 1.807) is 41.3 Å². The number of carbonyl (C=O) groups is 1. The molecular formula is C54H72FN3O9. The number of benzene rings is 3. The number of hydrogen-bond donors (Lipinski definition) is 2. The molecule has 0 saturated heterocycles. The lowest BCUT2D eigenvalue weighted by Crippen LogP contribution is -2.69. The van der Waals surface area contributed by atoms with E-state index in [1.807, 2.05) is 25.2 Å². The second kappa shape index (κ2) is 25.9. The minimum Gasteiger partial charge on any atom is -0.489 e. The Bertz CT molecular complexity index is 2130. The molecule has 0 radical (unpaired) electrons. The lowest BCUT2D eigenvalue weighted by molar-refractivity contribution is -0.384. The molecule has 364 valence electrons. The fraction of sp³-hybridized carbons (Fsp3) is 0.556. The average Bonchev–Trinajstić information content (AvgIpc) is 3.33. The van der Waals surface area contributed by atoms with Crippen molar-refractivity contribution in [1.82, 2.24) is 4.90 Å². The number of nitro groups is 1. The number of amides is 1. The van der Waals surface area contributed by atoms with Crippen LogP contribution in [-0.4, -0.2) is 70.4 Å². The summed E-state index contributed by atoms with van der Waals surface area (Å²) in [6.07, 6.45) is 19.2. The van der Waals surface area contributed by atoms with Crippen molar-refractivity contribution in [2.45, 2.75) is 147 Å². The Morgan fingerprint density at radius 3 is 2.33 bits per heavy atom. The van der Waals surface area contributed by atoms with Crippen LogP contribution < -0.4 is 9.47 Å². The Balaban J connectivity index is 1.43. The molecule has 0 bridgehead atoms. The third-order valence-corrected chi connectivity index (χ3v) is 13.9. The molecule has 0 aromatic heterocycles. The van der Waals surface area contributed by atoms with Gasteiger partial charge in [0, 0.05) is 62.3 Å². The van der Waals surface area contributed by atoms with Crippen molar-refractivity contribution in [3.63, 3.8) is 0 Å². The molecule has 6 rings (SSSR count). The summed E-state index contributed by atoms with van der Waals surface area (Å²) < 4.78 is 35.4. The van der Waals surface area contributed by atoms with E-state index in [0.717, 1.165) is 62.5 Å². The van der Waals surface area contributed by atoms with Gasteiger partial charge in [-0.2, -0.15) is 0 Å². The predicted octanol–water partition coefficient (Wildman–Crippen LogP) is 11.5. The van der Waals surface area contributed by atoms with Crippen molar-refractivity contribution in [3.8, 4) is 11.5 Å². The maximum atomic E-state index is 14.8. The number of carbonyl (C=O) groups excluding carboxylic acids is 1. The molecule has 6 atom stereocenters. The molecule has 13 heteroatoms. The Morgan fingerprint density at radius 2 is 1.64 bits per heavy atom. The number of allylic oxidation sites excluding steroid dienone is 1. The lowest BCUT2D eigenvalue weighted by atomic mass is 9.55. The van der Waals surface area contributed by atoms with Crippen molar-refractivity contribution in [2.24, 2.45) is 22.9 Å². The van der Waals surface area contributed by atoms with Gasteiger partial charge in [-0.05, 0) is 91.5 Å². The molecule has 1 amide bonds. The van der Waals surface area contributed by atoms with Gasteiger partial charge in [-0.3, -0.25) is 14.9 Å². The molecule has 1 saturated carbocycles. The standard InChI is InChI=1S/C54H72FN3O9/c1-4-6-7-8-9-10-11-12-13-24-51(61)57(3)50-36-48(56-66-37-39-25-27-42(28-26-39)58(62)63)45-34-40(20-16-18-31-59)44(22-17-19-32-60)52-46-35-43(64-38-41-21-14-15-23-47(41)55)29-30-49(46)67-54(50,53(45)52)65-33-5-2/h5,14-15,21,23,25-30,34-35,40,44,50,52-53,59-60H,2,4,6-13,16-20,22,24,31-33,36-38H2,1,3H3/t40-,44+,50-,52+,53+,54+/m0/s1. The summed E-state index contributed by atoms with van der Waals surface area (Å²) in [5.41, 5.74) is 3.57. The van der Waals surface area contributed by atoms with Crippen molar-refractivity contribution < 1.29 is 43.4 Å². The van der Waals surface area contributed by atoms with Crippen LogP contribution in [0, 0.1) is 33.7 Å². The summed E-state index contributed by atoms with van der Waals surface area (Å²) in [4.78, 5) is 33.3. The van der Waals surface area contributed by atoms with Crippen LogP contribution in [0.25, 0.3) is 0 Å².